The van der Waals surface area contributed by atoms with Gasteiger partial charge < -0.3 is 20.1 Å². The highest BCUT2D eigenvalue weighted by molar-refractivity contribution is 5.89. The number of anilines is 1. The molecule has 0 aliphatic carbocycles. The molecule has 1 atom stereocenters. The van der Waals surface area contributed by atoms with Crippen LogP contribution in [0.1, 0.15) is 12.0 Å². The largest absolute Gasteiger partial charge is 0.385 e. The number of H-pyrrole nitrogens is 1. The maximum absolute atomic E-state index is 9.56. The Morgan fingerprint density at radius 3 is 3.00 bits per heavy atom. The van der Waals surface area contributed by atoms with E-state index in [2.05, 4.69) is 20.3 Å². The van der Waals surface area contributed by atoms with Crippen molar-refractivity contribution in [2.75, 3.05) is 19.5 Å². The maximum Gasteiger partial charge on any atom is 0.200 e. The van der Waals surface area contributed by atoms with Crippen LogP contribution in [-0.2, 0) is 4.74 Å². The summed E-state index contributed by atoms with van der Waals surface area (Å²) in [5.74, 6) is 0. The fourth-order valence-electron chi connectivity index (χ4n) is 1.45. The molecule has 0 saturated heterocycles. The van der Waals surface area contributed by atoms with Gasteiger partial charge in [-0.1, -0.05) is 0 Å². The molecule has 3 N–H and O–H groups in total. The van der Waals surface area contributed by atoms with Crippen LogP contribution in [0.3, 0.4) is 0 Å². The Labute approximate surface area is 86.3 Å². The Kier molecular flexibility index (Phi) is 2.53. The minimum absolute atomic E-state index is 0.434. The molecule has 2 heterocycles. The number of aromatic amines is 1. The van der Waals surface area contributed by atoms with Crippen LogP contribution >= 0.6 is 0 Å². The Bertz CT molecular complexity index is 468. The first-order valence-electron chi connectivity index (χ1n) is 4.48. The van der Waals surface area contributed by atoms with E-state index < -0.39 is 6.29 Å². The molecule has 0 bridgehead atoms. The zero-order valence-electron chi connectivity index (χ0n) is 8.48. The van der Waals surface area contributed by atoms with Gasteiger partial charge in [-0.15, -0.1) is 0 Å². The predicted molar refractivity (Wildman–Crippen MR) is 55.4 cm³/mol. The molecule has 15 heavy (non-hydrogen) atoms. The van der Waals surface area contributed by atoms with E-state index in [4.69, 9.17) is 4.74 Å². The summed E-state index contributed by atoms with van der Waals surface area (Å²) in [6.45, 7) is 0. The van der Waals surface area contributed by atoms with Crippen molar-refractivity contribution in [1.29, 1.82) is 0 Å². The number of fused-ring (bicyclic) bond motifs is 1. The van der Waals surface area contributed by atoms with Crippen molar-refractivity contribution in [2.45, 2.75) is 6.29 Å². The number of aliphatic hydroxyl groups excluding tert-OH is 1. The summed E-state index contributed by atoms with van der Waals surface area (Å²) < 4.78 is 4.81. The van der Waals surface area contributed by atoms with E-state index in [0.717, 1.165) is 11.2 Å². The van der Waals surface area contributed by atoms with E-state index in [0.29, 0.717) is 11.2 Å². The molecule has 1 unspecified atom stereocenters. The van der Waals surface area contributed by atoms with Gasteiger partial charge in [-0.05, 0) is 0 Å². The number of hydrogen-bond acceptors (Lipinski definition) is 5. The second kappa shape index (κ2) is 3.84. The first-order chi connectivity index (χ1) is 7.27. The standard InChI is InChI=1S/C9H12N4O2/c1-10-5-3-11-7-6(5)12-4-13-8(7)9(14)15-2/h3-4,9-11,14H,1-2H3. The van der Waals surface area contributed by atoms with Gasteiger partial charge in [0.2, 0.25) is 6.29 Å². The van der Waals surface area contributed by atoms with Crippen molar-refractivity contribution < 1.29 is 9.84 Å². The summed E-state index contributed by atoms with van der Waals surface area (Å²) in [4.78, 5) is 11.1. The van der Waals surface area contributed by atoms with Gasteiger partial charge in [-0.25, -0.2) is 9.97 Å². The highest BCUT2D eigenvalue weighted by Crippen LogP contribution is 2.25. The molecular weight excluding hydrogens is 196 g/mol. The van der Waals surface area contributed by atoms with Crippen molar-refractivity contribution in [3.8, 4) is 0 Å². The third-order valence-electron chi connectivity index (χ3n) is 2.22. The molecule has 0 aliphatic heterocycles. The highest BCUT2D eigenvalue weighted by atomic mass is 16.6. The van der Waals surface area contributed by atoms with Crippen LogP contribution in [0.15, 0.2) is 12.5 Å². The van der Waals surface area contributed by atoms with E-state index in [1.807, 2.05) is 0 Å². The fourth-order valence-corrected chi connectivity index (χ4v) is 1.45. The Morgan fingerprint density at radius 2 is 2.33 bits per heavy atom. The minimum Gasteiger partial charge on any atom is -0.385 e. The molecule has 0 saturated carbocycles. The van der Waals surface area contributed by atoms with Gasteiger partial charge in [0, 0.05) is 20.4 Å². The van der Waals surface area contributed by atoms with Gasteiger partial charge in [0.05, 0.1) is 11.2 Å². The van der Waals surface area contributed by atoms with Crippen LogP contribution in [0.4, 0.5) is 5.69 Å². The van der Waals surface area contributed by atoms with Gasteiger partial charge in [0.15, 0.2) is 0 Å². The third kappa shape index (κ3) is 1.53. The van der Waals surface area contributed by atoms with Crippen molar-refractivity contribution in [1.82, 2.24) is 15.0 Å². The van der Waals surface area contributed by atoms with Gasteiger partial charge >= 0.3 is 0 Å². The van der Waals surface area contributed by atoms with Gasteiger partial charge in [-0.2, -0.15) is 0 Å². The lowest BCUT2D eigenvalue weighted by atomic mass is 10.3. The normalized spacial score (nSPS) is 13.0. The maximum atomic E-state index is 9.56. The second-order valence-corrected chi connectivity index (χ2v) is 3.02. The third-order valence-corrected chi connectivity index (χ3v) is 2.22. The number of nitrogens with zero attached hydrogens (tertiary/aromatic N) is 2. The van der Waals surface area contributed by atoms with Crippen LogP contribution in [0.2, 0.25) is 0 Å². The minimum atomic E-state index is -1.04. The fraction of sp³-hybridized carbons (Fsp3) is 0.333. The average molecular weight is 208 g/mol. The van der Waals surface area contributed by atoms with E-state index in [9.17, 15) is 5.11 Å². The van der Waals surface area contributed by atoms with Crippen LogP contribution in [0.5, 0.6) is 0 Å². The Hall–Kier alpha value is -1.66. The molecule has 0 fully saturated rings. The second-order valence-electron chi connectivity index (χ2n) is 3.02. The first-order valence-corrected chi connectivity index (χ1v) is 4.48. The van der Waals surface area contributed by atoms with Crippen LogP contribution in [0.25, 0.3) is 11.0 Å². The zero-order valence-corrected chi connectivity index (χ0v) is 8.48. The van der Waals surface area contributed by atoms with Crippen LogP contribution in [-0.4, -0.2) is 34.2 Å². The van der Waals surface area contributed by atoms with Gasteiger partial charge in [-0.3, -0.25) is 0 Å². The first kappa shape index (κ1) is 9.88. The molecule has 0 amide bonds. The topological polar surface area (TPSA) is 83.1 Å². The Balaban J connectivity index is 2.61. The van der Waals surface area contributed by atoms with E-state index >= 15 is 0 Å². The lowest BCUT2D eigenvalue weighted by Crippen LogP contribution is -2.04. The Morgan fingerprint density at radius 1 is 1.53 bits per heavy atom. The van der Waals surface area contributed by atoms with E-state index in [1.54, 1.807) is 13.2 Å². The molecule has 2 aromatic heterocycles. The lowest BCUT2D eigenvalue weighted by molar-refractivity contribution is -0.0789. The number of nitrogens with one attached hydrogen (secondary N) is 2. The number of methoxy groups -OCH3 is 1. The van der Waals surface area contributed by atoms with Crippen molar-refractivity contribution in [2.24, 2.45) is 0 Å². The summed E-state index contributed by atoms with van der Waals surface area (Å²) in [5, 5.41) is 12.5. The van der Waals surface area contributed by atoms with Crippen LogP contribution < -0.4 is 5.32 Å². The quantitative estimate of drug-likeness (QED) is 0.644. The summed E-state index contributed by atoms with van der Waals surface area (Å²) in [7, 11) is 3.22. The molecule has 0 aromatic carbocycles. The molecule has 0 spiro atoms. The lowest BCUT2D eigenvalue weighted by Gasteiger charge is -2.07. The number of hydrogen-bond donors (Lipinski definition) is 3. The summed E-state index contributed by atoms with van der Waals surface area (Å²) >= 11 is 0. The molecule has 80 valence electrons. The molecule has 6 nitrogen and oxygen atoms in total. The molecule has 2 aromatic rings. The zero-order chi connectivity index (χ0) is 10.8. The van der Waals surface area contributed by atoms with Gasteiger partial charge in [0.25, 0.3) is 0 Å². The van der Waals surface area contributed by atoms with Crippen LogP contribution in [0, 0.1) is 0 Å². The number of rotatable bonds is 3. The summed E-state index contributed by atoms with van der Waals surface area (Å²) in [6.07, 6.45) is 2.12. The summed E-state index contributed by atoms with van der Waals surface area (Å²) in [6, 6.07) is 0. The SMILES string of the molecule is CNc1c[nH]c2c(C(O)OC)ncnc12. The highest BCUT2D eigenvalue weighted by Gasteiger charge is 2.15. The van der Waals surface area contributed by atoms with Crippen molar-refractivity contribution in [3.63, 3.8) is 0 Å². The van der Waals surface area contributed by atoms with Crippen molar-refractivity contribution >= 4 is 16.7 Å². The molecule has 6 heteroatoms. The number of aliphatic hydroxyl groups is 1. The smallest absolute Gasteiger partial charge is 0.200 e. The summed E-state index contributed by atoms with van der Waals surface area (Å²) in [5.41, 5.74) is 2.70. The van der Waals surface area contributed by atoms with Crippen molar-refractivity contribution in [3.05, 3.63) is 18.2 Å². The molecule has 2 rings (SSSR count). The molecule has 0 aliphatic rings. The van der Waals surface area contributed by atoms with E-state index in [1.165, 1.54) is 13.4 Å². The molecular formula is C9H12N4O2. The monoisotopic (exact) mass is 208 g/mol. The molecule has 0 radical (unpaired) electrons. The average Bonchev–Trinajstić information content (AvgIpc) is 2.70. The number of aromatic nitrogens is 3. The van der Waals surface area contributed by atoms with E-state index in [-0.39, 0.29) is 0 Å². The van der Waals surface area contributed by atoms with Gasteiger partial charge in [0.1, 0.15) is 17.5 Å². The predicted octanol–water partition coefficient (Wildman–Crippen LogP) is 0.637. The number of ether oxygens (including phenoxy) is 1.